The summed E-state index contributed by atoms with van der Waals surface area (Å²) in [7, 11) is 1.60. The third-order valence-corrected chi connectivity index (χ3v) is 7.26. The van der Waals surface area contributed by atoms with Crippen LogP contribution in [0.5, 0.6) is 5.75 Å². The second kappa shape index (κ2) is 9.89. The van der Waals surface area contributed by atoms with Crippen LogP contribution in [0.25, 0.3) is 0 Å². The van der Waals surface area contributed by atoms with E-state index >= 15 is 0 Å². The van der Waals surface area contributed by atoms with Crippen molar-refractivity contribution in [3.05, 3.63) is 82.4 Å². The minimum Gasteiger partial charge on any atom is -0.497 e. The predicted molar refractivity (Wildman–Crippen MR) is 137 cm³/mol. The Labute approximate surface area is 219 Å². The second-order valence-corrected chi connectivity index (χ2v) is 9.96. The van der Waals surface area contributed by atoms with Crippen molar-refractivity contribution in [3.63, 3.8) is 0 Å². The van der Waals surface area contributed by atoms with E-state index < -0.39 is 11.4 Å². The van der Waals surface area contributed by atoms with Crippen molar-refractivity contribution < 1.29 is 19.1 Å². The first-order valence-electron chi connectivity index (χ1n) is 12.1. The average Bonchev–Trinajstić information content (AvgIpc) is 3.64. The molecule has 1 atom stereocenters. The van der Waals surface area contributed by atoms with Crippen molar-refractivity contribution in [2.75, 3.05) is 7.11 Å². The van der Waals surface area contributed by atoms with E-state index in [1.807, 2.05) is 42.5 Å². The minimum atomic E-state index is -1.12. The number of imidazole rings is 1. The molecule has 3 amide bonds. The van der Waals surface area contributed by atoms with Gasteiger partial charge >= 0.3 is 0 Å². The van der Waals surface area contributed by atoms with Crippen LogP contribution in [0.3, 0.4) is 0 Å². The summed E-state index contributed by atoms with van der Waals surface area (Å²) < 4.78 is 6.80. The SMILES string of the molecule is COc1ccc(CNC(=O)C2(C)Cn3cnc(C(=O)NCc4ccccc4Cl)c3C(=O)N2C2CC2)cc1. The van der Waals surface area contributed by atoms with E-state index in [1.165, 1.54) is 6.33 Å². The highest BCUT2D eigenvalue weighted by atomic mass is 35.5. The highest BCUT2D eigenvalue weighted by Crippen LogP contribution is 2.39. The van der Waals surface area contributed by atoms with Crippen molar-refractivity contribution in [3.8, 4) is 5.75 Å². The van der Waals surface area contributed by atoms with Crippen LogP contribution in [-0.4, -0.2) is 50.9 Å². The first-order chi connectivity index (χ1) is 17.8. The Morgan fingerprint density at radius 2 is 1.84 bits per heavy atom. The van der Waals surface area contributed by atoms with E-state index in [0.29, 0.717) is 11.6 Å². The molecule has 9 nitrogen and oxygen atoms in total. The van der Waals surface area contributed by atoms with Crippen LogP contribution in [0.4, 0.5) is 0 Å². The van der Waals surface area contributed by atoms with Gasteiger partial charge in [-0.15, -0.1) is 0 Å². The highest BCUT2D eigenvalue weighted by molar-refractivity contribution is 6.31. The molecule has 2 N–H and O–H groups in total. The van der Waals surface area contributed by atoms with Gasteiger partial charge in [0.15, 0.2) is 5.69 Å². The molecule has 0 spiro atoms. The number of aromatic nitrogens is 2. The molecule has 0 radical (unpaired) electrons. The fraction of sp³-hybridized carbons (Fsp3) is 0.333. The maximum atomic E-state index is 13.7. The molecule has 1 aliphatic carbocycles. The van der Waals surface area contributed by atoms with Gasteiger partial charge in [-0.3, -0.25) is 14.4 Å². The molecule has 5 rings (SSSR count). The number of halogens is 1. The molecule has 1 saturated carbocycles. The molecule has 0 saturated heterocycles. The molecule has 1 unspecified atom stereocenters. The number of hydrogen-bond donors (Lipinski definition) is 2. The number of fused-ring (bicyclic) bond motifs is 1. The molecule has 0 bridgehead atoms. The maximum Gasteiger partial charge on any atom is 0.274 e. The first-order valence-corrected chi connectivity index (χ1v) is 12.5. The Kier molecular flexibility index (Phi) is 6.64. The van der Waals surface area contributed by atoms with Crippen LogP contribution < -0.4 is 15.4 Å². The van der Waals surface area contributed by atoms with Gasteiger partial charge in [0.05, 0.1) is 20.0 Å². The van der Waals surface area contributed by atoms with Gasteiger partial charge in [-0.05, 0) is 49.1 Å². The van der Waals surface area contributed by atoms with E-state index in [9.17, 15) is 14.4 Å². The maximum absolute atomic E-state index is 13.7. The van der Waals surface area contributed by atoms with Gasteiger partial charge in [0.25, 0.3) is 11.8 Å². The molecule has 3 aromatic rings. The summed E-state index contributed by atoms with van der Waals surface area (Å²) in [5.41, 5.74) is 0.799. The number of carbonyl (C=O) groups excluding carboxylic acids is 3. The Morgan fingerprint density at radius 1 is 1.11 bits per heavy atom. The Morgan fingerprint density at radius 3 is 2.51 bits per heavy atom. The third kappa shape index (κ3) is 4.79. The van der Waals surface area contributed by atoms with Crippen LogP contribution in [0.1, 0.15) is 51.9 Å². The normalized spacial score (nSPS) is 18.8. The zero-order chi connectivity index (χ0) is 26.2. The van der Waals surface area contributed by atoms with Gasteiger partial charge in [0.2, 0.25) is 5.91 Å². The monoisotopic (exact) mass is 521 g/mol. The molecule has 1 fully saturated rings. The summed E-state index contributed by atoms with van der Waals surface area (Å²) in [6, 6.07) is 14.6. The molecule has 2 aliphatic rings. The van der Waals surface area contributed by atoms with Gasteiger partial charge in [0.1, 0.15) is 17.0 Å². The summed E-state index contributed by atoms with van der Waals surface area (Å²) in [4.78, 5) is 46.1. The summed E-state index contributed by atoms with van der Waals surface area (Å²) in [6.45, 7) is 2.49. The number of ether oxygens (including phenoxy) is 1. The standard InChI is InChI=1S/C27H28ClN5O4/c1-27(26(36)30-13-17-7-11-20(37-2)12-8-17)15-32-16-31-22(23(32)25(35)33(27)19-9-10-19)24(34)29-14-18-5-3-4-6-21(18)28/h3-8,11-12,16,19H,9-10,13-15H2,1-2H3,(H,29,34)(H,30,36). The number of carbonyl (C=O) groups is 3. The van der Waals surface area contributed by atoms with Gasteiger partial charge in [-0.1, -0.05) is 41.9 Å². The number of nitrogens with zero attached hydrogens (tertiary/aromatic N) is 3. The van der Waals surface area contributed by atoms with Gasteiger partial charge in [-0.2, -0.15) is 0 Å². The molecule has 2 aromatic carbocycles. The lowest BCUT2D eigenvalue weighted by Gasteiger charge is -2.44. The molecule has 1 aliphatic heterocycles. The fourth-order valence-electron chi connectivity index (χ4n) is 4.74. The number of benzene rings is 2. The van der Waals surface area contributed by atoms with Gasteiger partial charge in [0, 0.05) is 24.2 Å². The van der Waals surface area contributed by atoms with E-state index in [0.717, 1.165) is 29.7 Å². The molecular weight excluding hydrogens is 494 g/mol. The van der Waals surface area contributed by atoms with E-state index in [-0.39, 0.29) is 42.3 Å². The lowest BCUT2D eigenvalue weighted by molar-refractivity contribution is -0.133. The number of amides is 3. The average molecular weight is 522 g/mol. The highest BCUT2D eigenvalue weighted by Gasteiger charge is 2.53. The number of hydrogen-bond acceptors (Lipinski definition) is 5. The Balaban J connectivity index is 1.35. The van der Waals surface area contributed by atoms with E-state index in [1.54, 1.807) is 29.6 Å². The number of nitrogens with one attached hydrogen (secondary N) is 2. The summed E-state index contributed by atoms with van der Waals surface area (Å²) >= 11 is 6.20. The van der Waals surface area contributed by atoms with Crippen molar-refractivity contribution in [1.82, 2.24) is 25.1 Å². The zero-order valence-corrected chi connectivity index (χ0v) is 21.4. The molecular formula is C27H28ClN5O4. The molecule has 10 heteroatoms. The first kappa shape index (κ1) is 24.8. The smallest absolute Gasteiger partial charge is 0.274 e. The topological polar surface area (TPSA) is 106 Å². The minimum absolute atomic E-state index is 0.0448. The van der Waals surface area contributed by atoms with Crippen LogP contribution >= 0.6 is 11.6 Å². The quantitative estimate of drug-likeness (QED) is 0.473. The molecule has 1 aromatic heterocycles. The van der Waals surface area contributed by atoms with Crippen molar-refractivity contribution in [2.45, 2.75) is 51.0 Å². The fourth-order valence-corrected chi connectivity index (χ4v) is 4.94. The number of methoxy groups -OCH3 is 1. The molecule has 2 heterocycles. The lowest BCUT2D eigenvalue weighted by Crippen LogP contribution is -2.64. The van der Waals surface area contributed by atoms with Crippen LogP contribution in [-0.2, 0) is 24.4 Å². The largest absolute Gasteiger partial charge is 0.497 e. The zero-order valence-electron chi connectivity index (χ0n) is 20.7. The Bertz CT molecular complexity index is 1350. The van der Waals surface area contributed by atoms with Crippen LogP contribution in [0.15, 0.2) is 54.9 Å². The van der Waals surface area contributed by atoms with Crippen molar-refractivity contribution in [1.29, 1.82) is 0 Å². The summed E-state index contributed by atoms with van der Waals surface area (Å²) in [5.74, 6) is -0.353. The molecule has 37 heavy (non-hydrogen) atoms. The van der Waals surface area contributed by atoms with Crippen molar-refractivity contribution in [2.24, 2.45) is 0 Å². The Hall–Kier alpha value is -3.85. The van der Waals surface area contributed by atoms with Crippen LogP contribution in [0, 0.1) is 0 Å². The van der Waals surface area contributed by atoms with Crippen LogP contribution in [0.2, 0.25) is 5.02 Å². The third-order valence-electron chi connectivity index (χ3n) is 6.89. The van der Waals surface area contributed by atoms with Gasteiger partial charge in [-0.25, -0.2) is 4.98 Å². The lowest BCUT2D eigenvalue weighted by atomic mass is 9.93. The second-order valence-electron chi connectivity index (χ2n) is 9.55. The summed E-state index contributed by atoms with van der Waals surface area (Å²) in [5, 5.41) is 6.33. The number of rotatable bonds is 8. The van der Waals surface area contributed by atoms with Gasteiger partial charge < -0.3 is 24.8 Å². The van der Waals surface area contributed by atoms with E-state index in [4.69, 9.17) is 16.3 Å². The predicted octanol–water partition coefficient (Wildman–Crippen LogP) is 3.17. The van der Waals surface area contributed by atoms with E-state index in [2.05, 4.69) is 15.6 Å². The summed E-state index contributed by atoms with van der Waals surface area (Å²) in [6.07, 6.45) is 3.08. The van der Waals surface area contributed by atoms with Crippen molar-refractivity contribution >= 4 is 29.3 Å². The molecule has 192 valence electrons.